The van der Waals surface area contributed by atoms with E-state index in [1.165, 1.54) is 15.5 Å². The molecule has 0 radical (unpaired) electrons. The van der Waals surface area contributed by atoms with Crippen LogP contribution in [-0.2, 0) is 11.3 Å². The zero-order valence-electron chi connectivity index (χ0n) is 14.2. The number of hydrogen-bond donors (Lipinski definition) is 1. The zero-order chi connectivity index (χ0) is 17.4. The molecule has 1 N–H and O–H groups in total. The molecule has 7 nitrogen and oxygen atoms in total. The van der Waals surface area contributed by atoms with E-state index in [4.69, 9.17) is 0 Å². The number of nitrogens with one attached hydrogen (secondary N) is 1. The number of carbonyl (C=O) groups excluding carboxylic acids is 1. The van der Waals surface area contributed by atoms with Crippen molar-refractivity contribution >= 4 is 22.5 Å². The van der Waals surface area contributed by atoms with Crippen LogP contribution in [0.15, 0.2) is 29.1 Å². The van der Waals surface area contributed by atoms with Crippen LogP contribution in [0, 0.1) is 6.92 Å². The van der Waals surface area contributed by atoms with E-state index in [0.29, 0.717) is 11.5 Å². The van der Waals surface area contributed by atoms with Crippen molar-refractivity contribution in [3.8, 4) is 0 Å². The predicted molar refractivity (Wildman–Crippen MR) is 94.5 cm³/mol. The van der Waals surface area contributed by atoms with E-state index in [2.05, 4.69) is 15.4 Å². The molecule has 1 aliphatic carbocycles. The smallest absolute Gasteiger partial charge is 0.352 e. The second-order valence-corrected chi connectivity index (χ2v) is 6.68. The molecule has 25 heavy (non-hydrogen) atoms. The molecule has 0 atom stereocenters. The first kappa shape index (κ1) is 15.8. The lowest BCUT2D eigenvalue weighted by molar-refractivity contribution is -0.122. The van der Waals surface area contributed by atoms with Crippen LogP contribution in [0.5, 0.6) is 0 Å². The Bertz CT molecular complexity index is 998. The summed E-state index contributed by atoms with van der Waals surface area (Å²) in [7, 11) is 0. The molecule has 3 aromatic rings. The van der Waals surface area contributed by atoms with E-state index in [-0.39, 0.29) is 24.2 Å². The topological polar surface area (TPSA) is 81.3 Å². The molecule has 0 saturated heterocycles. The summed E-state index contributed by atoms with van der Waals surface area (Å²) in [5.74, 6) is 0.407. The van der Waals surface area contributed by atoms with E-state index in [9.17, 15) is 9.59 Å². The fraction of sp³-hybridized carbons (Fsp3) is 0.444. The van der Waals surface area contributed by atoms with E-state index >= 15 is 0 Å². The number of amides is 1. The minimum absolute atomic E-state index is 0.0647. The summed E-state index contributed by atoms with van der Waals surface area (Å²) in [5, 5.41) is 8.23. The summed E-state index contributed by atoms with van der Waals surface area (Å²) >= 11 is 0. The first-order valence-corrected chi connectivity index (χ1v) is 8.78. The van der Waals surface area contributed by atoms with Crippen molar-refractivity contribution in [2.45, 2.75) is 51.6 Å². The Morgan fingerprint density at radius 3 is 2.80 bits per heavy atom. The summed E-state index contributed by atoms with van der Waals surface area (Å²) in [6, 6.07) is 7.78. The summed E-state index contributed by atoms with van der Waals surface area (Å²) < 4.78 is 2.70. The number of aromatic nitrogens is 4. The van der Waals surface area contributed by atoms with Crippen molar-refractivity contribution in [1.29, 1.82) is 0 Å². The van der Waals surface area contributed by atoms with E-state index < -0.39 is 0 Å². The Morgan fingerprint density at radius 1 is 1.24 bits per heavy atom. The predicted octanol–water partition coefficient (Wildman–Crippen LogP) is 1.80. The van der Waals surface area contributed by atoms with Crippen LogP contribution in [0.2, 0.25) is 0 Å². The second kappa shape index (κ2) is 6.31. The largest absolute Gasteiger partial charge is 0.352 e. The fourth-order valence-corrected chi connectivity index (χ4v) is 3.62. The molecule has 130 valence electrons. The van der Waals surface area contributed by atoms with Gasteiger partial charge in [-0.3, -0.25) is 4.79 Å². The van der Waals surface area contributed by atoms with Gasteiger partial charge in [0, 0.05) is 11.4 Å². The first-order chi connectivity index (χ1) is 12.1. The molecule has 2 aromatic heterocycles. The zero-order valence-corrected chi connectivity index (χ0v) is 14.2. The maximum atomic E-state index is 12.7. The molecule has 1 aromatic carbocycles. The van der Waals surface area contributed by atoms with Crippen LogP contribution in [0.4, 0.5) is 0 Å². The Morgan fingerprint density at radius 2 is 2.00 bits per heavy atom. The fourth-order valence-electron chi connectivity index (χ4n) is 3.62. The van der Waals surface area contributed by atoms with Gasteiger partial charge in [0.2, 0.25) is 5.91 Å². The molecule has 0 aliphatic heterocycles. The van der Waals surface area contributed by atoms with E-state index in [1.807, 2.05) is 24.3 Å². The van der Waals surface area contributed by atoms with E-state index in [1.54, 1.807) is 6.92 Å². The lowest BCUT2D eigenvalue weighted by atomic mass is 9.95. The molecule has 1 amide bonds. The monoisotopic (exact) mass is 339 g/mol. The number of aryl methyl sites for hydroxylation is 1. The Labute approximate surface area is 144 Å². The van der Waals surface area contributed by atoms with Crippen LogP contribution in [-0.4, -0.2) is 31.1 Å². The minimum Gasteiger partial charge on any atom is -0.352 e. The van der Waals surface area contributed by atoms with Crippen LogP contribution in [0.1, 0.15) is 37.9 Å². The number of fused-ring (bicyclic) bond motifs is 3. The van der Waals surface area contributed by atoms with Crippen LogP contribution < -0.4 is 11.0 Å². The molecule has 1 saturated carbocycles. The van der Waals surface area contributed by atoms with Crippen molar-refractivity contribution < 1.29 is 4.79 Å². The highest BCUT2D eigenvalue weighted by Gasteiger charge is 2.19. The average Bonchev–Trinajstić information content (AvgIpc) is 2.93. The van der Waals surface area contributed by atoms with Crippen molar-refractivity contribution in [1.82, 2.24) is 24.5 Å². The number of carbonyl (C=O) groups is 1. The van der Waals surface area contributed by atoms with Gasteiger partial charge in [0.1, 0.15) is 12.4 Å². The first-order valence-electron chi connectivity index (χ1n) is 8.78. The maximum Gasteiger partial charge on any atom is 0.352 e. The molecule has 1 fully saturated rings. The second-order valence-electron chi connectivity index (χ2n) is 6.68. The van der Waals surface area contributed by atoms with Gasteiger partial charge in [0.05, 0.1) is 5.52 Å². The lowest BCUT2D eigenvalue weighted by Crippen LogP contribution is -2.40. The van der Waals surface area contributed by atoms with Gasteiger partial charge < -0.3 is 5.32 Å². The number of benzene rings is 1. The Balaban J connectivity index is 1.67. The Hall–Kier alpha value is -2.70. The Kier molecular flexibility index (Phi) is 3.99. The number of rotatable bonds is 3. The van der Waals surface area contributed by atoms with Crippen molar-refractivity contribution in [2.24, 2.45) is 0 Å². The van der Waals surface area contributed by atoms with Gasteiger partial charge >= 0.3 is 5.69 Å². The SMILES string of the molecule is Cc1nc2ccccc2c2nn(CC(=O)NC3CCCCC3)c(=O)n12. The van der Waals surface area contributed by atoms with Gasteiger partial charge in [-0.25, -0.2) is 18.9 Å². The highest BCUT2D eigenvalue weighted by molar-refractivity contribution is 5.91. The maximum absolute atomic E-state index is 12.7. The van der Waals surface area contributed by atoms with Crippen molar-refractivity contribution in [2.75, 3.05) is 0 Å². The van der Waals surface area contributed by atoms with Crippen LogP contribution in [0.25, 0.3) is 16.6 Å². The quantitative estimate of drug-likeness (QED) is 0.789. The van der Waals surface area contributed by atoms with Gasteiger partial charge in [-0.15, -0.1) is 5.10 Å². The molecule has 7 heteroatoms. The third-order valence-corrected chi connectivity index (χ3v) is 4.85. The number of nitrogens with zero attached hydrogens (tertiary/aromatic N) is 4. The van der Waals surface area contributed by atoms with Gasteiger partial charge in [-0.1, -0.05) is 31.4 Å². The van der Waals surface area contributed by atoms with Crippen LogP contribution in [0.3, 0.4) is 0 Å². The highest BCUT2D eigenvalue weighted by atomic mass is 16.2. The van der Waals surface area contributed by atoms with Gasteiger partial charge in [-0.2, -0.15) is 0 Å². The third-order valence-electron chi connectivity index (χ3n) is 4.85. The summed E-state index contributed by atoms with van der Waals surface area (Å²) in [5.41, 5.74) is 0.999. The molecule has 0 unspecified atom stereocenters. The number of para-hydroxylation sites is 1. The third kappa shape index (κ3) is 2.90. The molecular formula is C18H21N5O2. The molecule has 2 heterocycles. The van der Waals surface area contributed by atoms with Gasteiger partial charge in [-0.05, 0) is 31.9 Å². The van der Waals surface area contributed by atoms with E-state index in [0.717, 1.165) is 36.6 Å². The van der Waals surface area contributed by atoms with Crippen molar-refractivity contribution in [3.63, 3.8) is 0 Å². The highest BCUT2D eigenvalue weighted by Crippen LogP contribution is 2.18. The molecular weight excluding hydrogens is 318 g/mol. The lowest BCUT2D eigenvalue weighted by Gasteiger charge is -2.22. The normalized spacial score (nSPS) is 15.7. The molecule has 4 rings (SSSR count). The average molecular weight is 339 g/mol. The van der Waals surface area contributed by atoms with Gasteiger partial charge in [0.15, 0.2) is 5.65 Å². The number of hydrogen-bond acceptors (Lipinski definition) is 4. The van der Waals surface area contributed by atoms with Crippen LogP contribution >= 0.6 is 0 Å². The summed E-state index contributed by atoms with van der Waals surface area (Å²) in [6.07, 6.45) is 5.56. The molecule has 0 spiro atoms. The molecule has 1 aliphatic rings. The summed E-state index contributed by atoms with van der Waals surface area (Å²) in [6.45, 7) is 1.71. The van der Waals surface area contributed by atoms with Crippen molar-refractivity contribution in [3.05, 3.63) is 40.6 Å². The summed E-state index contributed by atoms with van der Waals surface area (Å²) in [4.78, 5) is 29.4. The van der Waals surface area contributed by atoms with Gasteiger partial charge in [0.25, 0.3) is 0 Å². The standard InChI is InChI=1S/C18H21N5O2/c1-12-19-15-10-6-5-9-14(15)17-21-22(18(25)23(12)17)11-16(24)20-13-7-3-2-4-8-13/h5-6,9-10,13H,2-4,7-8,11H2,1H3,(H,20,24). The minimum atomic E-state index is -0.329. The molecule has 0 bridgehead atoms.